The number of nitrogens with one attached hydrogen (secondary N) is 1. The Bertz CT molecular complexity index is 870. The van der Waals surface area contributed by atoms with Gasteiger partial charge in [0.25, 0.3) is 0 Å². The summed E-state index contributed by atoms with van der Waals surface area (Å²) in [4.78, 5) is 11.8. The number of rotatable bonds is 11. The number of carbonyl (C=O) groups excluding carboxylic acids is 1. The normalized spacial score (nSPS) is 11.1. The first-order valence-electron chi connectivity index (χ1n) is 8.68. The second-order valence-corrected chi connectivity index (χ2v) is 7.73. The zero-order valence-electron chi connectivity index (χ0n) is 15.4. The van der Waals surface area contributed by atoms with Crippen LogP contribution in [0.5, 0.6) is 11.5 Å². The number of hydrogen-bond acceptors (Lipinski definition) is 6. The largest absolute Gasteiger partial charge is 0.494 e. The van der Waals surface area contributed by atoms with Crippen molar-refractivity contribution in [2.75, 3.05) is 26.4 Å². The molecule has 2 rings (SSSR count). The minimum atomic E-state index is -3.71. The van der Waals surface area contributed by atoms with Crippen LogP contribution < -0.4 is 14.2 Å². The molecule has 0 aliphatic heterocycles. The lowest BCUT2D eigenvalue weighted by Gasteiger charge is -2.09. The summed E-state index contributed by atoms with van der Waals surface area (Å²) in [6.45, 7) is 2.45. The maximum Gasteiger partial charge on any atom is 0.307 e. The van der Waals surface area contributed by atoms with E-state index in [2.05, 4.69) is 4.72 Å². The molecule has 0 aromatic heterocycles. The fraction of sp³-hybridized carbons (Fsp3) is 0.316. The summed E-state index contributed by atoms with van der Waals surface area (Å²) in [5.74, 6) is 0.560. The van der Waals surface area contributed by atoms with E-state index in [0.717, 1.165) is 0 Å². The van der Waals surface area contributed by atoms with Gasteiger partial charge < -0.3 is 14.2 Å². The molecule has 0 saturated carbocycles. The molecule has 0 radical (unpaired) electrons. The van der Waals surface area contributed by atoms with E-state index >= 15 is 0 Å². The molecule has 0 unspecified atom stereocenters. The average Bonchev–Trinajstić information content (AvgIpc) is 2.67. The van der Waals surface area contributed by atoms with Crippen LogP contribution in [-0.2, 0) is 19.6 Å². The Morgan fingerprint density at radius 1 is 1.04 bits per heavy atom. The molecule has 0 aliphatic rings. The molecule has 1 N–H and O–H groups in total. The highest BCUT2D eigenvalue weighted by atomic mass is 35.5. The van der Waals surface area contributed by atoms with Crippen LogP contribution in [0.4, 0.5) is 0 Å². The van der Waals surface area contributed by atoms with Crippen molar-refractivity contribution < 1.29 is 27.4 Å². The third-order valence-electron chi connectivity index (χ3n) is 3.51. The van der Waals surface area contributed by atoms with Crippen LogP contribution in [0.15, 0.2) is 53.4 Å². The number of ether oxygens (including phenoxy) is 3. The van der Waals surface area contributed by atoms with E-state index in [1.54, 1.807) is 36.4 Å². The molecular formula is C19H22ClNO6S. The smallest absolute Gasteiger partial charge is 0.307 e. The van der Waals surface area contributed by atoms with Gasteiger partial charge in [0.05, 0.1) is 22.9 Å². The second kappa shape index (κ2) is 10.9. The van der Waals surface area contributed by atoms with Crippen molar-refractivity contribution in [1.29, 1.82) is 0 Å². The van der Waals surface area contributed by atoms with Gasteiger partial charge >= 0.3 is 5.97 Å². The summed E-state index contributed by atoms with van der Waals surface area (Å²) in [6.07, 6.45) is -0.0949. The summed E-state index contributed by atoms with van der Waals surface area (Å²) in [6, 6.07) is 13.0. The molecule has 28 heavy (non-hydrogen) atoms. The molecule has 2 aromatic rings. The van der Waals surface area contributed by atoms with Gasteiger partial charge in [0, 0.05) is 6.54 Å². The molecule has 0 heterocycles. The number of benzene rings is 2. The minimum Gasteiger partial charge on any atom is -0.494 e. The van der Waals surface area contributed by atoms with Gasteiger partial charge in [0.1, 0.15) is 24.7 Å². The quantitative estimate of drug-likeness (QED) is 0.438. The van der Waals surface area contributed by atoms with Crippen LogP contribution in [-0.4, -0.2) is 40.8 Å². The zero-order valence-corrected chi connectivity index (χ0v) is 17.0. The number of halogens is 1. The van der Waals surface area contributed by atoms with Crippen LogP contribution in [0, 0.1) is 0 Å². The molecule has 152 valence electrons. The molecule has 9 heteroatoms. The van der Waals surface area contributed by atoms with Crippen LogP contribution in [0.25, 0.3) is 0 Å². The SMILES string of the molecule is CCOc1ccc(S(=O)(=O)NCCC(=O)OCCOc2ccccc2Cl)cc1. The highest BCUT2D eigenvalue weighted by molar-refractivity contribution is 7.89. The van der Waals surface area contributed by atoms with Crippen molar-refractivity contribution in [2.24, 2.45) is 0 Å². The van der Waals surface area contributed by atoms with Crippen molar-refractivity contribution >= 4 is 27.6 Å². The Kier molecular flexibility index (Phi) is 8.56. The average molecular weight is 428 g/mol. The lowest BCUT2D eigenvalue weighted by Crippen LogP contribution is -2.27. The predicted octanol–water partition coefficient (Wildman–Crippen LogP) is 3.03. The van der Waals surface area contributed by atoms with Crippen molar-refractivity contribution in [1.82, 2.24) is 4.72 Å². The van der Waals surface area contributed by atoms with E-state index in [1.807, 2.05) is 6.92 Å². The maximum absolute atomic E-state index is 12.2. The van der Waals surface area contributed by atoms with Crippen molar-refractivity contribution in [2.45, 2.75) is 18.2 Å². The molecule has 0 saturated heterocycles. The third-order valence-corrected chi connectivity index (χ3v) is 5.30. The van der Waals surface area contributed by atoms with Gasteiger partial charge in [-0.25, -0.2) is 13.1 Å². The van der Waals surface area contributed by atoms with Crippen LogP contribution in [0.2, 0.25) is 5.02 Å². The van der Waals surface area contributed by atoms with E-state index in [1.165, 1.54) is 12.1 Å². The summed E-state index contributed by atoms with van der Waals surface area (Å²) in [5, 5.41) is 0.470. The second-order valence-electron chi connectivity index (χ2n) is 5.55. The summed E-state index contributed by atoms with van der Waals surface area (Å²) < 4.78 is 42.4. The molecule has 0 amide bonds. The fourth-order valence-electron chi connectivity index (χ4n) is 2.19. The Morgan fingerprint density at radius 2 is 1.75 bits per heavy atom. The first kappa shape index (κ1) is 22.0. The number of esters is 1. The lowest BCUT2D eigenvalue weighted by molar-refractivity contribution is -0.144. The molecular weight excluding hydrogens is 406 g/mol. The summed E-state index contributed by atoms with van der Waals surface area (Å²) >= 11 is 5.95. The Morgan fingerprint density at radius 3 is 2.43 bits per heavy atom. The molecule has 0 fully saturated rings. The zero-order chi connectivity index (χ0) is 20.4. The van der Waals surface area contributed by atoms with Gasteiger partial charge in [-0.3, -0.25) is 4.79 Å². The number of carbonyl (C=O) groups is 1. The van der Waals surface area contributed by atoms with Gasteiger partial charge in [0.15, 0.2) is 0 Å². The Hall–Kier alpha value is -2.29. The highest BCUT2D eigenvalue weighted by Gasteiger charge is 2.14. The van der Waals surface area contributed by atoms with E-state index < -0.39 is 16.0 Å². The van der Waals surface area contributed by atoms with Crippen LogP contribution >= 0.6 is 11.6 Å². The standard InChI is InChI=1S/C19H22ClNO6S/c1-2-25-15-7-9-16(10-8-15)28(23,24)21-12-11-19(22)27-14-13-26-18-6-4-3-5-17(18)20/h3-10,21H,2,11-14H2,1H3. The van der Waals surface area contributed by atoms with Crippen molar-refractivity contribution in [3.8, 4) is 11.5 Å². The summed E-state index contributed by atoms with van der Waals surface area (Å²) in [7, 11) is -3.71. The highest BCUT2D eigenvalue weighted by Crippen LogP contribution is 2.22. The van der Waals surface area contributed by atoms with Crippen molar-refractivity contribution in [3.63, 3.8) is 0 Å². The van der Waals surface area contributed by atoms with Gasteiger partial charge in [-0.15, -0.1) is 0 Å². The Balaban J connectivity index is 1.68. The van der Waals surface area contributed by atoms with Gasteiger partial charge in [-0.05, 0) is 43.3 Å². The molecule has 0 atom stereocenters. The number of para-hydroxylation sites is 1. The Labute approximate surface area is 169 Å². The number of sulfonamides is 1. The van der Waals surface area contributed by atoms with Gasteiger partial charge in [0.2, 0.25) is 10.0 Å². The van der Waals surface area contributed by atoms with Crippen molar-refractivity contribution in [3.05, 3.63) is 53.6 Å². The first-order valence-corrected chi connectivity index (χ1v) is 10.5. The van der Waals surface area contributed by atoms with E-state index in [0.29, 0.717) is 23.1 Å². The van der Waals surface area contributed by atoms with E-state index in [9.17, 15) is 13.2 Å². The predicted molar refractivity (Wildman–Crippen MR) is 105 cm³/mol. The fourth-order valence-corrected chi connectivity index (χ4v) is 3.42. The molecule has 0 bridgehead atoms. The van der Waals surface area contributed by atoms with Crippen LogP contribution in [0.1, 0.15) is 13.3 Å². The lowest BCUT2D eigenvalue weighted by atomic mass is 10.3. The monoisotopic (exact) mass is 427 g/mol. The molecule has 0 spiro atoms. The molecule has 7 nitrogen and oxygen atoms in total. The van der Waals surface area contributed by atoms with E-state index in [4.69, 9.17) is 25.8 Å². The minimum absolute atomic E-state index is 0.0374. The topological polar surface area (TPSA) is 90.9 Å². The van der Waals surface area contributed by atoms with Crippen LogP contribution in [0.3, 0.4) is 0 Å². The first-order chi connectivity index (χ1) is 13.4. The third kappa shape index (κ3) is 7.03. The summed E-state index contributed by atoms with van der Waals surface area (Å²) in [5.41, 5.74) is 0. The molecule has 2 aromatic carbocycles. The van der Waals surface area contributed by atoms with Gasteiger partial charge in [-0.1, -0.05) is 23.7 Å². The molecule has 0 aliphatic carbocycles. The van der Waals surface area contributed by atoms with Gasteiger partial charge in [-0.2, -0.15) is 0 Å². The van der Waals surface area contributed by atoms with E-state index in [-0.39, 0.29) is 31.1 Å². The number of hydrogen-bond donors (Lipinski definition) is 1. The maximum atomic E-state index is 12.2.